The summed E-state index contributed by atoms with van der Waals surface area (Å²) in [6.45, 7) is 2.89. The van der Waals surface area contributed by atoms with Gasteiger partial charge in [-0.1, -0.05) is 12.7 Å². The molecule has 0 aliphatic heterocycles. The molecular formula is C5H6F3NO2. The van der Waals surface area contributed by atoms with Gasteiger partial charge in [0.25, 0.3) is 0 Å². The zero-order chi connectivity index (χ0) is 8.91. The number of rotatable bonds is 2. The molecule has 0 spiro atoms. The second-order valence-electron chi connectivity index (χ2n) is 1.51. The standard InChI is InChI=1S/C5H6F3NO2/c1-2-3-11-4(10)9-5(6,7)8/h2H,1,3H2,(H,9,10). The summed E-state index contributed by atoms with van der Waals surface area (Å²) >= 11 is 0. The fourth-order valence-electron chi connectivity index (χ4n) is 0.286. The first-order valence-corrected chi connectivity index (χ1v) is 2.58. The average molecular weight is 169 g/mol. The van der Waals surface area contributed by atoms with Crippen LogP contribution >= 0.6 is 0 Å². The van der Waals surface area contributed by atoms with Gasteiger partial charge >= 0.3 is 12.4 Å². The predicted molar refractivity (Wildman–Crippen MR) is 30.7 cm³/mol. The molecule has 0 heterocycles. The summed E-state index contributed by atoms with van der Waals surface area (Å²) in [5.41, 5.74) is 0. The highest BCUT2D eigenvalue weighted by Crippen LogP contribution is 2.09. The smallest absolute Gasteiger partial charge is 0.445 e. The summed E-state index contributed by atoms with van der Waals surface area (Å²) in [7, 11) is 0. The van der Waals surface area contributed by atoms with Gasteiger partial charge in [0, 0.05) is 0 Å². The summed E-state index contributed by atoms with van der Waals surface area (Å²) in [5.74, 6) is 0. The second-order valence-corrected chi connectivity index (χ2v) is 1.51. The van der Waals surface area contributed by atoms with Gasteiger partial charge in [0.05, 0.1) is 0 Å². The van der Waals surface area contributed by atoms with Crippen LogP contribution in [0.2, 0.25) is 0 Å². The molecule has 64 valence electrons. The monoisotopic (exact) mass is 169 g/mol. The third-order valence-corrected chi connectivity index (χ3v) is 0.576. The summed E-state index contributed by atoms with van der Waals surface area (Å²) < 4.78 is 37.9. The molecule has 0 atom stereocenters. The predicted octanol–water partition coefficient (Wildman–Crippen LogP) is 1.42. The largest absolute Gasteiger partial charge is 0.487 e. The molecule has 11 heavy (non-hydrogen) atoms. The normalized spacial score (nSPS) is 10.5. The number of alkyl halides is 3. The van der Waals surface area contributed by atoms with E-state index >= 15 is 0 Å². The van der Waals surface area contributed by atoms with E-state index in [4.69, 9.17) is 0 Å². The maximum Gasteiger partial charge on any atom is 0.487 e. The van der Waals surface area contributed by atoms with E-state index in [1.54, 1.807) is 0 Å². The SMILES string of the molecule is C=CCOC(=O)NC(F)(F)F. The van der Waals surface area contributed by atoms with Gasteiger partial charge in [0.1, 0.15) is 6.61 Å². The van der Waals surface area contributed by atoms with E-state index in [2.05, 4.69) is 11.3 Å². The number of hydrogen-bond donors (Lipinski definition) is 1. The number of carbonyl (C=O) groups excluding carboxylic acids is 1. The van der Waals surface area contributed by atoms with E-state index < -0.39 is 12.4 Å². The summed E-state index contributed by atoms with van der Waals surface area (Å²) in [4.78, 5) is 10.1. The number of halogens is 3. The lowest BCUT2D eigenvalue weighted by Crippen LogP contribution is -2.37. The van der Waals surface area contributed by atoms with Crippen LogP contribution in [0.15, 0.2) is 12.7 Å². The van der Waals surface area contributed by atoms with Gasteiger partial charge in [0.2, 0.25) is 0 Å². The quantitative estimate of drug-likeness (QED) is 0.501. The Hall–Kier alpha value is -1.20. The zero-order valence-electron chi connectivity index (χ0n) is 5.44. The first-order valence-electron chi connectivity index (χ1n) is 2.58. The Morgan fingerprint density at radius 2 is 2.18 bits per heavy atom. The topological polar surface area (TPSA) is 38.3 Å². The number of amides is 1. The molecule has 0 aliphatic rings. The number of ether oxygens (including phenoxy) is 1. The van der Waals surface area contributed by atoms with Crippen molar-refractivity contribution in [3.05, 3.63) is 12.7 Å². The van der Waals surface area contributed by atoms with Crippen LogP contribution in [-0.4, -0.2) is 19.0 Å². The van der Waals surface area contributed by atoms with Gasteiger partial charge in [-0.25, -0.2) is 10.1 Å². The van der Waals surface area contributed by atoms with Crippen LogP contribution in [0.3, 0.4) is 0 Å². The Morgan fingerprint density at radius 3 is 2.55 bits per heavy atom. The molecule has 1 N–H and O–H groups in total. The van der Waals surface area contributed by atoms with Crippen molar-refractivity contribution in [2.45, 2.75) is 6.30 Å². The van der Waals surface area contributed by atoms with E-state index in [9.17, 15) is 18.0 Å². The molecule has 0 aromatic carbocycles. The highest BCUT2D eigenvalue weighted by Gasteiger charge is 2.30. The molecule has 0 radical (unpaired) electrons. The van der Waals surface area contributed by atoms with Crippen LogP contribution in [0.4, 0.5) is 18.0 Å². The molecule has 0 fully saturated rings. The average Bonchev–Trinajstić information content (AvgIpc) is 1.79. The second kappa shape index (κ2) is 3.85. The van der Waals surface area contributed by atoms with Crippen LogP contribution in [0.1, 0.15) is 0 Å². The van der Waals surface area contributed by atoms with Crippen molar-refractivity contribution in [2.24, 2.45) is 0 Å². The van der Waals surface area contributed by atoms with Crippen molar-refractivity contribution in [3.8, 4) is 0 Å². The summed E-state index contributed by atoms with van der Waals surface area (Å²) in [5, 5.41) is 0.645. The van der Waals surface area contributed by atoms with E-state index in [-0.39, 0.29) is 6.61 Å². The Labute approximate surface area is 60.8 Å². The van der Waals surface area contributed by atoms with Crippen molar-refractivity contribution >= 4 is 6.09 Å². The van der Waals surface area contributed by atoms with Gasteiger partial charge < -0.3 is 4.74 Å². The van der Waals surface area contributed by atoms with E-state index in [1.807, 2.05) is 0 Å². The van der Waals surface area contributed by atoms with Crippen molar-refractivity contribution in [1.29, 1.82) is 0 Å². The zero-order valence-corrected chi connectivity index (χ0v) is 5.44. The van der Waals surface area contributed by atoms with Crippen molar-refractivity contribution in [2.75, 3.05) is 6.61 Å². The molecule has 0 aromatic rings. The molecule has 0 saturated heterocycles. The summed E-state index contributed by atoms with van der Waals surface area (Å²) in [6, 6.07) is 0. The number of hydrogen-bond acceptors (Lipinski definition) is 2. The van der Waals surface area contributed by atoms with Crippen LogP contribution in [0, 0.1) is 0 Å². The van der Waals surface area contributed by atoms with Crippen molar-refractivity contribution in [1.82, 2.24) is 5.32 Å². The highest BCUT2D eigenvalue weighted by atomic mass is 19.4. The minimum absolute atomic E-state index is 0.248. The van der Waals surface area contributed by atoms with Gasteiger partial charge in [-0.15, -0.1) is 0 Å². The van der Waals surface area contributed by atoms with E-state index in [0.29, 0.717) is 5.32 Å². The van der Waals surface area contributed by atoms with Gasteiger partial charge in [-0.3, -0.25) is 0 Å². The Balaban J connectivity index is 3.61. The van der Waals surface area contributed by atoms with Gasteiger partial charge in [-0.05, 0) is 0 Å². The maximum absolute atomic E-state index is 11.3. The minimum Gasteiger partial charge on any atom is -0.445 e. The lowest BCUT2D eigenvalue weighted by atomic mass is 10.7. The van der Waals surface area contributed by atoms with Crippen LogP contribution in [-0.2, 0) is 4.74 Å². The molecular weight excluding hydrogens is 163 g/mol. The Bertz CT molecular complexity index is 154. The van der Waals surface area contributed by atoms with E-state index in [1.165, 1.54) is 0 Å². The fraction of sp³-hybridized carbons (Fsp3) is 0.400. The molecule has 0 unspecified atom stereocenters. The van der Waals surface area contributed by atoms with Crippen LogP contribution in [0.5, 0.6) is 0 Å². The maximum atomic E-state index is 11.3. The van der Waals surface area contributed by atoms with Crippen molar-refractivity contribution in [3.63, 3.8) is 0 Å². The molecule has 0 saturated carbocycles. The molecule has 1 amide bonds. The Kier molecular flexibility index (Phi) is 3.43. The molecule has 3 nitrogen and oxygen atoms in total. The molecule has 0 rings (SSSR count). The minimum atomic E-state index is -4.74. The lowest BCUT2D eigenvalue weighted by molar-refractivity contribution is -0.149. The third kappa shape index (κ3) is 6.69. The van der Waals surface area contributed by atoms with Crippen LogP contribution in [0.25, 0.3) is 0 Å². The first kappa shape index (κ1) is 9.80. The van der Waals surface area contributed by atoms with E-state index in [0.717, 1.165) is 6.08 Å². The fourth-order valence-corrected chi connectivity index (χ4v) is 0.286. The lowest BCUT2D eigenvalue weighted by Gasteiger charge is -2.07. The van der Waals surface area contributed by atoms with Crippen molar-refractivity contribution < 1.29 is 22.7 Å². The molecule has 0 aromatic heterocycles. The van der Waals surface area contributed by atoms with Gasteiger partial charge in [-0.2, -0.15) is 13.2 Å². The molecule has 0 bridgehead atoms. The van der Waals surface area contributed by atoms with Gasteiger partial charge in [0.15, 0.2) is 0 Å². The third-order valence-electron chi connectivity index (χ3n) is 0.576. The molecule has 0 aliphatic carbocycles. The number of carbonyl (C=O) groups is 1. The number of alkyl carbamates (subject to hydrolysis) is 1. The molecule has 6 heteroatoms. The first-order chi connectivity index (χ1) is 4.95. The Morgan fingerprint density at radius 1 is 1.64 bits per heavy atom. The van der Waals surface area contributed by atoms with Crippen LogP contribution < -0.4 is 5.32 Å². The number of nitrogens with one attached hydrogen (secondary N) is 1. The highest BCUT2D eigenvalue weighted by molar-refractivity contribution is 5.67. The summed E-state index contributed by atoms with van der Waals surface area (Å²) in [6.07, 6.45) is -5.11.